The first-order chi connectivity index (χ1) is 9.20. The third-order valence-electron chi connectivity index (χ3n) is 3.51. The zero-order valence-electron chi connectivity index (χ0n) is 10.6. The van der Waals surface area contributed by atoms with Crippen molar-refractivity contribution in [2.75, 3.05) is 13.2 Å². The molecule has 0 unspecified atom stereocenters. The van der Waals surface area contributed by atoms with Crippen molar-refractivity contribution in [1.82, 2.24) is 0 Å². The standard InChI is InChI=1S/C15H17ClO2S/c16-14-3-1-2-13(8-14)15(10-17,11-18)6-4-12-5-7-19-9-12/h1-3,5,7-9,17-18H,4,6,10-11H2. The third kappa shape index (κ3) is 3.37. The second kappa shape index (κ2) is 6.53. The summed E-state index contributed by atoms with van der Waals surface area (Å²) in [4.78, 5) is 0. The molecule has 0 amide bonds. The highest BCUT2D eigenvalue weighted by atomic mass is 35.5. The molecule has 0 fully saturated rings. The summed E-state index contributed by atoms with van der Waals surface area (Å²) < 4.78 is 0. The maximum atomic E-state index is 9.75. The highest BCUT2D eigenvalue weighted by molar-refractivity contribution is 7.07. The van der Waals surface area contributed by atoms with E-state index < -0.39 is 5.41 Å². The summed E-state index contributed by atoms with van der Waals surface area (Å²) >= 11 is 7.66. The lowest BCUT2D eigenvalue weighted by Gasteiger charge is -2.30. The maximum absolute atomic E-state index is 9.75. The van der Waals surface area contributed by atoms with Gasteiger partial charge >= 0.3 is 0 Å². The Bertz CT molecular complexity index is 507. The Balaban J connectivity index is 2.21. The van der Waals surface area contributed by atoms with Gasteiger partial charge in [-0.25, -0.2) is 0 Å². The van der Waals surface area contributed by atoms with E-state index in [1.54, 1.807) is 17.4 Å². The maximum Gasteiger partial charge on any atom is 0.0550 e. The Morgan fingerprint density at radius 1 is 1.16 bits per heavy atom. The summed E-state index contributed by atoms with van der Waals surface area (Å²) in [5.74, 6) is 0. The van der Waals surface area contributed by atoms with Gasteiger partial charge in [0.15, 0.2) is 0 Å². The van der Waals surface area contributed by atoms with Crippen molar-refractivity contribution >= 4 is 22.9 Å². The molecule has 0 aliphatic rings. The van der Waals surface area contributed by atoms with Crippen molar-refractivity contribution in [2.24, 2.45) is 0 Å². The van der Waals surface area contributed by atoms with E-state index >= 15 is 0 Å². The molecule has 19 heavy (non-hydrogen) atoms. The van der Waals surface area contributed by atoms with Crippen molar-refractivity contribution in [3.63, 3.8) is 0 Å². The molecular formula is C15H17ClO2S. The molecule has 0 spiro atoms. The molecule has 2 rings (SSSR count). The molecule has 1 aromatic heterocycles. The minimum Gasteiger partial charge on any atom is -0.395 e. The molecule has 102 valence electrons. The van der Waals surface area contributed by atoms with Crippen molar-refractivity contribution < 1.29 is 10.2 Å². The van der Waals surface area contributed by atoms with E-state index in [1.165, 1.54) is 5.56 Å². The lowest BCUT2D eigenvalue weighted by molar-refractivity contribution is 0.109. The van der Waals surface area contributed by atoms with E-state index in [1.807, 2.05) is 23.6 Å². The predicted molar refractivity (Wildman–Crippen MR) is 79.9 cm³/mol. The smallest absolute Gasteiger partial charge is 0.0550 e. The van der Waals surface area contributed by atoms with Crippen LogP contribution in [0, 0.1) is 0 Å². The van der Waals surface area contributed by atoms with Gasteiger partial charge < -0.3 is 10.2 Å². The average Bonchev–Trinajstić information content (AvgIpc) is 2.94. The first-order valence-electron chi connectivity index (χ1n) is 6.19. The monoisotopic (exact) mass is 296 g/mol. The van der Waals surface area contributed by atoms with E-state index in [4.69, 9.17) is 11.6 Å². The summed E-state index contributed by atoms with van der Waals surface area (Å²) in [5.41, 5.74) is 1.49. The number of hydrogen-bond acceptors (Lipinski definition) is 3. The number of rotatable bonds is 6. The quantitative estimate of drug-likeness (QED) is 0.859. The molecule has 0 atom stereocenters. The number of aryl methyl sites for hydroxylation is 1. The van der Waals surface area contributed by atoms with Crippen molar-refractivity contribution in [1.29, 1.82) is 0 Å². The number of halogens is 1. The largest absolute Gasteiger partial charge is 0.395 e. The van der Waals surface area contributed by atoms with Crippen molar-refractivity contribution in [3.05, 3.63) is 57.2 Å². The van der Waals surface area contributed by atoms with Gasteiger partial charge in [0, 0.05) is 10.4 Å². The van der Waals surface area contributed by atoms with Gasteiger partial charge in [0.2, 0.25) is 0 Å². The van der Waals surface area contributed by atoms with Crippen LogP contribution in [0.3, 0.4) is 0 Å². The van der Waals surface area contributed by atoms with Crippen molar-refractivity contribution in [3.8, 4) is 0 Å². The number of benzene rings is 1. The molecule has 4 heteroatoms. The minimum absolute atomic E-state index is 0.0893. The number of aliphatic hydroxyl groups is 2. The average molecular weight is 297 g/mol. The van der Waals surface area contributed by atoms with Crippen LogP contribution in [0.4, 0.5) is 0 Å². The minimum atomic E-state index is -0.632. The Hall–Kier alpha value is -0.870. The second-order valence-corrected chi connectivity index (χ2v) is 5.95. The molecule has 0 radical (unpaired) electrons. The Morgan fingerprint density at radius 3 is 2.53 bits per heavy atom. The molecular weight excluding hydrogens is 280 g/mol. The fourth-order valence-corrected chi connectivity index (χ4v) is 3.07. The summed E-state index contributed by atoms with van der Waals surface area (Å²) in [5, 5.41) is 24.3. The van der Waals surface area contributed by atoms with Gasteiger partial charge in [-0.15, -0.1) is 0 Å². The number of thiophene rings is 1. The van der Waals surface area contributed by atoms with Crippen LogP contribution < -0.4 is 0 Å². The molecule has 0 aliphatic heterocycles. The van der Waals surface area contributed by atoms with Crippen LogP contribution in [0.5, 0.6) is 0 Å². The Kier molecular flexibility index (Phi) is 4.99. The molecule has 2 N–H and O–H groups in total. The van der Waals surface area contributed by atoms with E-state index in [-0.39, 0.29) is 13.2 Å². The van der Waals surface area contributed by atoms with Gasteiger partial charge in [-0.05, 0) is 52.9 Å². The molecule has 2 aromatic rings. The molecule has 0 bridgehead atoms. The zero-order valence-corrected chi connectivity index (χ0v) is 12.1. The number of aliphatic hydroxyl groups excluding tert-OH is 2. The Morgan fingerprint density at radius 2 is 1.95 bits per heavy atom. The van der Waals surface area contributed by atoms with Crippen LogP contribution >= 0.6 is 22.9 Å². The number of hydrogen-bond donors (Lipinski definition) is 2. The summed E-state index contributed by atoms with van der Waals surface area (Å²) in [6.45, 7) is -0.179. The summed E-state index contributed by atoms with van der Waals surface area (Å²) in [6, 6.07) is 9.45. The molecule has 0 saturated carbocycles. The SMILES string of the molecule is OCC(CO)(CCc1ccsc1)c1cccc(Cl)c1. The lowest BCUT2D eigenvalue weighted by Crippen LogP contribution is -2.35. The van der Waals surface area contributed by atoms with Crippen LogP contribution in [-0.4, -0.2) is 23.4 Å². The van der Waals surface area contributed by atoms with Crippen LogP contribution in [0.1, 0.15) is 17.5 Å². The first-order valence-corrected chi connectivity index (χ1v) is 7.51. The van der Waals surface area contributed by atoms with Gasteiger partial charge in [-0.3, -0.25) is 0 Å². The van der Waals surface area contributed by atoms with Crippen LogP contribution in [0.2, 0.25) is 5.02 Å². The lowest BCUT2D eigenvalue weighted by atomic mass is 9.77. The first kappa shape index (κ1) is 14.5. The second-order valence-electron chi connectivity index (χ2n) is 4.74. The van der Waals surface area contributed by atoms with Gasteiger partial charge in [-0.2, -0.15) is 11.3 Å². The fourth-order valence-electron chi connectivity index (χ4n) is 2.17. The molecule has 1 aromatic carbocycles. The van der Waals surface area contributed by atoms with Gasteiger partial charge in [0.1, 0.15) is 0 Å². The summed E-state index contributed by atoms with van der Waals surface area (Å²) in [6.07, 6.45) is 1.52. The van der Waals surface area contributed by atoms with E-state index in [0.29, 0.717) is 11.4 Å². The van der Waals surface area contributed by atoms with E-state index in [0.717, 1.165) is 12.0 Å². The molecule has 2 nitrogen and oxygen atoms in total. The fraction of sp³-hybridized carbons (Fsp3) is 0.333. The van der Waals surface area contributed by atoms with Gasteiger partial charge in [0.25, 0.3) is 0 Å². The van der Waals surface area contributed by atoms with E-state index in [2.05, 4.69) is 11.4 Å². The summed E-state index contributed by atoms with van der Waals surface area (Å²) in [7, 11) is 0. The van der Waals surface area contributed by atoms with E-state index in [9.17, 15) is 10.2 Å². The van der Waals surface area contributed by atoms with Crippen LogP contribution in [-0.2, 0) is 11.8 Å². The molecule has 0 aliphatic carbocycles. The van der Waals surface area contributed by atoms with Crippen LogP contribution in [0.15, 0.2) is 41.1 Å². The van der Waals surface area contributed by atoms with Crippen LogP contribution in [0.25, 0.3) is 0 Å². The normalized spacial score (nSPS) is 11.7. The predicted octanol–water partition coefficient (Wildman–Crippen LogP) is 3.26. The topological polar surface area (TPSA) is 40.5 Å². The zero-order chi connectivity index (χ0) is 13.7. The third-order valence-corrected chi connectivity index (χ3v) is 4.48. The Labute approximate surface area is 122 Å². The highest BCUT2D eigenvalue weighted by Gasteiger charge is 2.30. The van der Waals surface area contributed by atoms with Gasteiger partial charge in [0.05, 0.1) is 13.2 Å². The highest BCUT2D eigenvalue weighted by Crippen LogP contribution is 2.31. The molecule has 0 saturated heterocycles. The van der Waals surface area contributed by atoms with Gasteiger partial charge in [-0.1, -0.05) is 23.7 Å². The molecule has 1 heterocycles. The van der Waals surface area contributed by atoms with Crippen molar-refractivity contribution in [2.45, 2.75) is 18.3 Å².